The van der Waals surface area contributed by atoms with Crippen LogP contribution < -0.4 is 9.47 Å². The minimum Gasteiger partial charge on any atom is -0.497 e. The van der Waals surface area contributed by atoms with Gasteiger partial charge in [0.1, 0.15) is 11.5 Å². The summed E-state index contributed by atoms with van der Waals surface area (Å²) in [6.45, 7) is 6.05. The van der Waals surface area contributed by atoms with Gasteiger partial charge in [0.05, 0.1) is 31.7 Å². The summed E-state index contributed by atoms with van der Waals surface area (Å²) in [5.74, 6) is 1.26. The van der Waals surface area contributed by atoms with Crippen molar-refractivity contribution >= 4 is 5.97 Å². The van der Waals surface area contributed by atoms with E-state index in [0.717, 1.165) is 28.2 Å². The van der Waals surface area contributed by atoms with Crippen molar-refractivity contribution in [1.29, 1.82) is 0 Å². The topological polar surface area (TPSA) is 44.8 Å². The lowest BCUT2D eigenvalue weighted by Crippen LogP contribution is -2.49. The fourth-order valence-corrected chi connectivity index (χ4v) is 4.42. The van der Waals surface area contributed by atoms with Crippen LogP contribution in [0.15, 0.2) is 78.9 Å². The molecule has 3 aromatic carbocycles. The molecule has 0 spiro atoms. The number of esters is 1. The lowest BCUT2D eigenvalue weighted by atomic mass is 9.55. The predicted octanol–water partition coefficient (Wildman–Crippen LogP) is 5.63. The van der Waals surface area contributed by atoms with Crippen molar-refractivity contribution in [1.82, 2.24) is 0 Å². The second-order valence-corrected chi connectivity index (χ2v) is 7.92. The summed E-state index contributed by atoms with van der Waals surface area (Å²) in [4.78, 5) is 13.4. The zero-order valence-electron chi connectivity index (χ0n) is 18.8. The summed E-state index contributed by atoms with van der Waals surface area (Å²) >= 11 is 0. The van der Waals surface area contributed by atoms with Crippen LogP contribution in [0.25, 0.3) is 0 Å². The van der Waals surface area contributed by atoms with Crippen LogP contribution in [0.4, 0.5) is 0 Å². The van der Waals surface area contributed by atoms with Crippen molar-refractivity contribution in [2.75, 3.05) is 20.8 Å². The van der Waals surface area contributed by atoms with Crippen molar-refractivity contribution in [3.05, 3.63) is 95.6 Å². The second-order valence-electron chi connectivity index (χ2n) is 7.92. The van der Waals surface area contributed by atoms with Crippen LogP contribution in [-0.4, -0.2) is 26.8 Å². The summed E-state index contributed by atoms with van der Waals surface area (Å²) in [5, 5.41) is 0. The van der Waals surface area contributed by atoms with Gasteiger partial charge in [-0.3, -0.25) is 4.79 Å². The van der Waals surface area contributed by atoms with E-state index in [1.54, 1.807) is 14.2 Å². The number of rotatable bonds is 8. The van der Waals surface area contributed by atoms with Gasteiger partial charge in [-0.05, 0) is 61.7 Å². The lowest BCUT2D eigenvalue weighted by molar-refractivity contribution is -0.156. The Morgan fingerprint density at radius 1 is 0.710 bits per heavy atom. The maximum Gasteiger partial charge on any atom is 0.313 e. The molecular weight excluding hydrogens is 388 g/mol. The number of hydrogen-bond donors (Lipinski definition) is 0. The van der Waals surface area contributed by atoms with Crippen molar-refractivity contribution < 1.29 is 19.0 Å². The Kier molecular flexibility index (Phi) is 6.69. The van der Waals surface area contributed by atoms with Crippen LogP contribution in [0, 0.1) is 5.41 Å². The van der Waals surface area contributed by atoms with E-state index in [9.17, 15) is 4.79 Å². The van der Waals surface area contributed by atoms with Crippen molar-refractivity contribution in [2.24, 2.45) is 5.41 Å². The number of ether oxygens (including phenoxy) is 3. The van der Waals surface area contributed by atoms with E-state index in [1.165, 1.54) is 0 Å². The summed E-state index contributed by atoms with van der Waals surface area (Å²) in [5.41, 5.74) is 1.22. The van der Waals surface area contributed by atoms with Gasteiger partial charge in [0.15, 0.2) is 0 Å². The molecule has 0 atom stereocenters. The standard InChI is InChI=1S/C27H30O4/c1-6-31-25(28)26(2,3)27(20-10-8-7-9-11-20,21-12-16-23(29-4)17-13-21)22-14-18-24(30-5)19-15-22/h7-19H,6H2,1-5H3. The van der Waals surface area contributed by atoms with Crippen LogP contribution >= 0.6 is 0 Å². The van der Waals surface area contributed by atoms with Crippen LogP contribution in [0.3, 0.4) is 0 Å². The largest absolute Gasteiger partial charge is 0.497 e. The Bertz CT molecular complexity index is 942. The highest BCUT2D eigenvalue weighted by Crippen LogP contribution is 2.53. The average Bonchev–Trinajstić information content (AvgIpc) is 2.81. The van der Waals surface area contributed by atoms with E-state index >= 15 is 0 Å². The van der Waals surface area contributed by atoms with E-state index in [1.807, 2.05) is 87.5 Å². The van der Waals surface area contributed by atoms with Gasteiger partial charge in [-0.15, -0.1) is 0 Å². The third-order valence-corrected chi connectivity index (χ3v) is 5.98. The lowest BCUT2D eigenvalue weighted by Gasteiger charge is -2.46. The minimum atomic E-state index is -0.923. The van der Waals surface area contributed by atoms with Crippen LogP contribution in [-0.2, 0) is 14.9 Å². The monoisotopic (exact) mass is 418 g/mol. The van der Waals surface area contributed by atoms with E-state index in [4.69, 9.17) is 14.2 Å². The van der Waals surface area contributed by atoms with Crippen LogP contribution in [0.2, 0.25) is 0 Å². The molecule has 162 valence electrons. The Balaban J connectivity index is 2.40. The minimum absolute atomic E-state index is 0.259. The molecule has 0 aromatic heterocycles. The van der Waals surface area contributed by atoms with Gasteiger partial charge in [-0.1, -0.05) is 54.6 Å². The van der Waals surface area contributed by atoms with E-state index in [0.29, 0.717) is 6.61 Å². The molecule has 0 aliphatic heterocycles. The number of carbonyl (C=O) groups excluding carboxylic acids is 1. The number of hydrogen-bond acceptors (Lipinski definition) is 4. The quantitative estimate of drug-likeness (QED) is 0.351. The Morgan fingerprint density at radius 3 is 1.52 bits per heavy atom. The number of methoxy groups -OCH3 is 2. The van der Waals surface area contributed by atoms with Crippen LogP contribution in [0.5, 0.6) is 11.5 Å². The van der Waals surface area contributed by atoms with E-state index in [2.05, 4.69) is 12.1 Å². The molecule has 0 unspecified atom stereocenters. The van der Waals surface area contributed by atoms with E-state index < -0.39 is 10.8 Å². The average molecular weight is 419 g/mol. The Morgan fingerprint density at radius 2 is 1.13 bits per heavy atom. The molecule has 0 radical (unpaired) electrons. The molecule has 0 aliphatic carbocycles. The van der Waals surface area contributed by atoms with Gasteiger partial charge in [0.2, 0.25) is 0 Å². The fourth-order valence-electron chi connectivity index (χ4n) is 4.42. The predicted molar refractivity (Wildman–Crippen MR) is 123 cm³/mol. The molecule has 4 nitrogen and oxygen atoms in total. The zero-order valence-corrected chi connectivity index (χ0v) is 18.8. The number of carbonyl (C=O) groups is 1. The SMILES string of the molecule is CCOC(=O)C(C)(C)C(c1ccccc1)(c1ccc(OC)cc1)c1ccc(OC)cc1. The fraction of sp³-hybridized carbons (Fsp3) is 0.296. The highest BCUT2D eigenvalue weighted by Gasteiger charge is 2.54. The first kappa shape index (κ1) is 22.4. The third-order valence-electron chi connectivity index (χ3n) is 5.98. The first-order valence-electron chi connectivity index (χ1n) is 10.4. The summed E-state index contributed by atoms with van der Waals surface area (Å²) in [6.07, 6.45) is 0. The molecule has 3 rings (SSSR count). The van der Waals surface area contributed by atoms with Crippen LogP contribution in [0.1, 0.15) is 37.5 Å². The van der Waals surface area contributed by atoms with Crippen molar-refractivity contribution in [2.45, 2.75) is 26.2 Å². The molecular formula is C27H30O4. The molecule has 0 amide bonds. The maximum atomic E-state index is 13.4. The van der Waals surface area contributed by atoms with Gasteiger partial charge >= 0.3 is 5.97 Å². The summed E-state index contributed by atoms with van der Waals surface area (Å²) < 4.78 is 16.4. The van der Waals surface area contributed by atoms with Gasteiger partial charge in [0, 0.05) is 0 Å². The highest BCUT2D eigenvalue weighted by atomic mass is 16.5. The summed E-state index contributed by atoms with van der Waals surface area (Å²) in [6, 6.07) is 25.9. The maximum absolute atomic E-state index is 13.4. The molecule has 0 N–H and O–H groups in total. The molecule has 0 aliphatic rings. The first-order chi connectivity index (χ1) is 14.9. The molecule has 0 saturated carbocycles. The third kappa shape index (κ3) is 3.90. The molecule has 3 aromatic rings. The van der Waals surface area contributed by atoms with Crippen molar-refractivity contribution in [3.63, 3.8) is 0 Å². The molecule has 0 heterocycles. The zero-order chi connectivity index (χ0) is 22.5. The number of benzene rings is 3. The van der Waals surface area contributed by atoms with Gasteiger partial charge < -0.3 is 14.2 Å². The molecule has 0 fully saturated rings. The highest BCUT2D eigenvalue weighted by molar-refractivity contribution is 5.81. The van der Waals surface area contributed by atoms with Gasteiger partial charge in [0.25, 0.3) is 0 Å². The first-order valence-corrected chi connectivity index (χ1v) is 10.4. The van der Waals surface area contributed by atoms with Crippen molar-refractivity contribution in [3.8, 4) is 11.5 Å². The van der Waals surface area contributed by atoms with Gasteiger partial charge in [-0.2, -0.15) is 0 Å². The molecule has 0 bridgehead atoms. The molecule has 0 saturated heterocycles. The molecule has 4 heteroatoms. The second kappa shape index (κ2) is 9.25. The molecule has 31 heavy (non-hydrogen) atoms. The summed E-state index contributed by atoms with van der Waals surface area (Å²) in [7, 11) is 3.29. The smallest absolute Gasteiger partial charge is 0.313 e. The van der Waals surface area contributed by atoms with Gasteiger partial charge in [-0.25, -0.2) is 0 Å². The Labute approximate surface area is 184 Å². The normalized spacial score (nSPS) is 11.6. The Hall–Kier alpha value is -3.27. The van der Waals surface area contributed by atoms with E-state index in [-0.39, 0.29) is 5.97 Å².